The van der Waals surface area contributed by atoms with Gasteiger partial charge in [0.25, 0.3) is 0 Å². The molecule has 0 atom stereocenters. The molecule has 1 heterocycles. The van der Waals surface area contributed by atoms with Crippen molar-refractivity contribution in [3.05, 3.63) is 10.7 Å². The largest absolute Gasteiger partial charge is 0.389 e. The Morgan fingerprint density at radius 3 is 2.83 bits per heavy atom. The highest BCUT2D eigenvalue weighted by atomic mass is 32.2. The quantitative estimate of drug-likeness (QED) is 0.762. The number of hydrogen-bond donors (Lipinski definition) is 1. The molecule has 0 radical (unpaired) electrons. The van der Waals surface area contributed by atoms with Crippen LogP contribution in [-0.2, 0) is 6.42 Å². The zero-order valence-corrected chi connectivity index (χ0v) is 9.10. The van der Waals surface area contributed by atoms with Crippen LogP contribution in [0, 0.1) is 6.92 Å². The Morgan fingerprint density at radius 1 is 1.58 bits per heavy atom. The summed E-state index contributed by atoms with van der Waals surface area (Å²) in [4.78, 5) is 4.37. The molecule has 1 aromatic heterocycles. The third-order valence-corrected chi connectivity index (χ3v) is 3.14. The van der Waals surface area contributed by atoms with Crippen LogP contribution in [0.5, 0.6) is 0 Å². The molecule has 1 rings (SSSR count). The molecule has 12 heavy (non-hydrogen) atoms. The van der Waals surface area contributed by atoms with Gasteiger partial charge < -0.3 is 5.73 Å². The number of rotatable bonds is 4. The predicted octanol–water partition coefficient (Wildman–Crippen LogP) is 2.33. The first-order valence-corrected chi connectivity index (χ1v) is 6.15. The third kappa shape index (κ3) is 2.68. The number of aryl methyl sites for hydroxylation is 2. The lowest BCUT2D eigenvalue weighted by Gasteiger charge is -1.95. The molecule has 0 aliphatic rings. The van der Waals surface area contributed by atoms with Gasteiger partial charge in [0.15, 0.2) is 0 Å². The van der Waals surface area contributed by atoms with Crippen molar-refractivity contribution in [1.29, 1.82) is 0 Å². The first kappa shape index (κ1) is 9.86. The molecule has 0 amide bonds. The molecule has 0 saturated heterocycles. The summed E-state index contributed by atoms with van der Waals surface area (Å²) in [6.07, 6.45) is 4.32. The van der Waals surface area contributed by atoms with Crippen molar-refractivity contribution in [2.75, 3.05) is 17.7 Å². The summed E-state index contributed by atoms with van der Waals surface area (Å²) in [5.74, 6) is 1.19. The molecule has 0 saturated carbocycles. The van der Waals surface area contributed by atoms with E-state index in [0.29, 0.717) is 0 Å². The summed E-state index contributed by atoms with van der Waals surface area (Å²) in [7, 11) is 0. The Bertz CT molecular complexity index is 245. The highest BCUT2D eigenvalue weighted by Crippen LogP contribution is 2.21. The van der Waals surface area contributed by atoms with Gasteiger partial charge in [-0.2, -0.15) is 11.8 Å². The van der Waals surface area contributed by atoms with Gasteiger partial charge in [0.1, 0.15) is 5.00 Å². The minimum Gasteiger partial charge on any atom is -0.389 e. The molecular formula is C8H14N2S2. The van der Waals surface area contributed by atoms with Gasteiger partial charge in [-0.3, -0.25) is 0 Å². The van der Waals surface area contributed by atoms with Crippen LogP contribution in [0.2, 0.25) is 0 Å². The maximum absolute atomic E-state index is 5.77. The minimum atomic E-state index is 0.897. The summed E-state index contributed by atoms with van der Waals surface area (Å²) >= 11 is 3.46. The fourth-order valence-corrected chi connectivity index (χ4v) is 2.22. The molecule has 0 bridgehead atoms. The third-order valence-electron chi connectivity index (χ3n) is 1.60. The minimum absolute atomic E-state index is 0.897. The van der Waals surface area contributed by atoms with Crippen molar-refractivity contribution < 1.29 is 0 Å². The normalized spacial score (nSPS) is 10.5. The molecule has 4 heteroatoms. The number of hydrogen-bond acceptors (Lipinski definition) is 4. The van der Waals surface area contributed by atoms with Crippen LogP contribution in [0.25, 0.3) is 0 Å². The van der Waals surface area contributed by atoms with Crippen molar-refractivity contribution in [3.63, 3.8) is 0 Å². The SMILES string of the molecule is CSCCCc1nc(C)sc1N. The lowest BCUT2D eigenvalue weighted by atomic mass is 10.3. The Labute approximate surface area is 81.6 Å². The van der Waals surface area contributed by atoms with E-state index in [1.165, 1.54) is 12.2 Å². The number of thioether (sulfide) groups is 1. The first-order chi connectivity index (χ1) is 5.74. The van der Waals surface area contributed by atoms with E-state index < -0.39 is 0 Å². The topological polar surface area (TPSA) is 38.9 Å². The van der Waals surface area contributed by atoms with Crippen LogP contribution in [0.1, 0.15) is 17.1 Å². The number of nitrogens with zero attached hydrogens (tertiary/aromatic N) is 1. The van der Waals surface area contributed by atoms with Crippen LogP contribution in [-0.4, -0.2) is 17.0 Å². The van der Waals surface area contributed by atoms with Crippen LogP contribution < -0.4 is 5.73 Å². The smallest absolute Gasteiger partial charge is 0.109 e. The van der Waals surface area contributed by atoms with Gasteiger partial charge in [-0.1, -0.05) is 0 Å². The van der Waals surface area contributed by atoms with Gasteiger partial charge in [-0.25, -0.2) is 4.98 Å². The Hall–Kier alpha value is -0.220. The van der Waals surface area contributed by atoms with E-state index in [0.717, 1.165) is 22.1 Å². The summed E-state index contributed by atoms with van der Waals surface area (Å²) in [5, 5.41) is 1.97. The second-order valence-electron chi connectivity index (χ2n) is 2.64. The highest BCUT2D eigenvalue weighted by Gasteiger charge is 2.04. The van der Waals surface area contributed by atoms with E-state index in [9.17, 15) is 0 Å². The van der Waals surface area contributed by atoms with Crippen molar-refractivity contribution in [2.24, 2.45) is 0 Å². The molecule has 0 aliphatic carbocycles. The number of nitrogen functional groups attached to an aromatic ring is 1. The first-order valence-electron chi connectivity index (χ1n) is 3.94. The number of anilines is 1. The molecule has 68 valence electrons. The summed E-state index contributed by atoms with van der Waals surface area (Å²) in [6, 6.07) is 0. The van der Waals surface area contributed by atoms with Crippen LogP contribution in [0.4, 0.5) is 5.00 Å². The van der Waals surface area contributed by atoms with Gasteiger partial charge in [-0.15, -0.1) is 11.3 Å². The van der Waals surface area contributed by atoms with E-state index in [2.05, 4.69) is 11.2 Å². The second kappa shape index (κ2) is 4.72. The zero-order chi connectivity index (χ0) is 8.97. The van der Waals surface area contributed by atoms with Gasteiger partial charge in [0.05, 0.1) is 10.7 Å². The maximum atomic E-state index is 5.77. The summed E-state index contributed by atoms with van der Waals surface area (Å²) in [6.45, 7) is 2.00. The molecule has 1 aromatic rings. The maximum Gasteiger partial charge on any atom is 0.109 e. The van der Waals surface area contributed by atoms with Crippen LogP contribution >= 0.6 is 23.1 Å². The molecule has 0 unspecified atom stereocenters. The standard InChI is InChI=1S/C8H14N2S2/c1-6-10-7(8(9)12-6)4-3-5-11-2/h3-5,9H2,1-2H3. The van der Waals surface area contributed by atoms with Gasteiger partial charge >= 0.3 is 0 Å². The zero-order valence-electron chi connectivity index (χ0n) is 7.46. The highest BCUT2D eigenvalue weighted by molar-refractivity contribution is 7.98. The average Bonchev–Trinajstić information content (AvgIpc) is 2.31. The van der Waals surface area contributed by atoms with Gasteiger partial charge in [0.2, 0.25) is 0 Å². The summed E-state index contributed by atoms with van der Waals surface area (Å²) < 4.78 is 0. The fraction of sp³-hybridized carbons (Fsp3) is 0.625. The van der Waals surface area contributed by atoms with Gasteiger partial charge in [0, 0.05) is 0 Å². The average molecular weight is 202 g/mol. The fourth-order valence-electron chi connectivity index (χ4n) is 1.05. The van der Waals surface area contributed by atoms with E-state index in [-0.39, 0.29) is 0 Å². The Kier molecular flexibility index (Phi) is 3.88. The summed E-state index contributed by atoms with van der Waals surface area (Å²) in [5.41, 5.74) is 6.86. The molecule has 2 N–H and O–H groups in total. The molecule has 0 aliphatic heterocycles. The van der Waals surface area contributed by atoms with E-state index in [4.69, 9.17) is 5.73 Å². The van der Waals surface area contributed by atoms with Crippen molar-refractivity contribution in [1.82, 2.24) is 4.98 Å². The number of aromatic nitrogens is 1. The predicted molar refractivity (Wildman–Crippen MR) is 58.0 cm³/mol. The Balaban J connectivity index is 2.45. The Morgan fingerprint density at radius 2 is 2.33 bits per heavy atom. The molecular weight excluding hydrogens is 188 g/mol. The monoisotopic (exact) mass is 202 g/mol. The molecule has 0 aromatic carbocycles. The van der Waals surface area contributed by atoms with E-state index >= 15 is 0 Å². The lowest BCUT2D eigenvalue weighted by Crippen LogP contribution is -1.92. The lowest BCUT2D eigenvalue weighted by molar-refractivity contribution is 0.900. The number of thiazole rings is 1. The van der Waals surface area contributed by atoms with Crippen LogP contribution in [0.15, 0.2) is 0 Å². The van der Waals surface area contributed by atoms with Gasteiger partial charge in [-0.05, 0) is 31.8 Å². The van der Waals surface area contributed by atoms with Crippen LogP contribution in [0.3, 0.4) is 0 Å². The van der Waals surface area contributed by atoms with E-state index in [1.54, 1.807) is 11.3 Å². The molecule has 0 spiro atoms. The number of nitrogens with two attached hydrogens (primary N) is 1. The van der Waals surface area contributed by atoms with E-state index in [1.807, 2.05) is 18.7 Å². The molecule has 2 nitrogen and oxygen atoms in total. The van der Waals surface area contributed by atoms with Crippen molar-refractivity contribution in [3.8, 4) is 0 Å². The van der Waals surface area contributed by atoms with Crippen molar-refractivity contribution >= 4 is 28.1 Å². The molecule has 0 fully saturated rings. The second-order valence-corrected chi connectivity index (χ2v) is 4.86. The van der Waals surface area contributed by atoms with Crippen molar-refractivity contribution in [2.45, 2.75) is 19.8 Å².